The van der Waals surface area contributed by atoms with Gasteiger partial charge in [-0.05, 0) is 18.1 Å². The molecule has 1 saturated heterocycles. The minimum absolute atomic E-state index is 0.127. The maximum Gasteiger partial charge on any atom is 0.346 e. The van der Waals surface area contributed by atoms with Gasteiger partial charge >= 0.3 is 6.03 Å². The number of nitrogens with one attached hydrogen (secondary N) is 1. The van der Waals surface area contributed by atoms with Gasteiger partial charge < -0.3 is 15.2 Å². The number of rotatable bonds is 6. The van der Waals surface area contributed by atoms with E-state index in [2.05, 4.69) is 10.4 Å². The molecule has 1 aliphatic rings. The van der Waals surface area contributed by atoms with Crippen LogP contribution in [0.15, 0.2) is 47.6 Å². The van der Waals surface area contributed by atoms with E-state index in [1.807, 2.05) is 0 Å². The summed E-state index contributed by atoms with van der Waals surface area (Å²) in [5, 5.41) is 30.2. The minimum atomic E-state index is -1.25. The number of nitrogens with zero attached hydrogens (tertiary/aromatic N) is 3. The summed E-state index contributed by atoms with van der Waals surface area (Å²) < 4.78 is 4.86. The third-order valence-electron chi connectivity index (χ3n) is 4.66. The molecule has 3 amide bonds. The number of nitro benzene ring substituents is 1. The molecule has 1 fully saturated rings. The van der Waals surface area contributed by atoms with Crippen LogP contribution in [0.3, 0.4) is 0 Å². The molecule has 1 aliphatic heterocycles. The van der Waals surface area contributed by atoms with Crippen molar-refractivity contribution in [2.45, 2.75) is 18.9 Å². The zero-order chi connectivity index (χ0) is 21.2. The predicted octanol–water partition coefficient (Wildman–Crippen LogP) is 1.87. The Labute approximate surface area is 165 Å². The van der Waals surface area contributed by atoms with Crippen LogP contribution in [0, 0.1) is 10.1 Å². The zero-order valence-electron chi connectivity index (χ0n) is 15.6. The first-order valence-corrected chi connectivity index (χ1v) is 8.63. The summed E-state index contributed by atoms with van der Waals surface area (Å²) >= 11 is 0. The number of benzene rings is 2. The maximum atomic E-state index is 13.0. The molecule has 0 aromatic heterocycles. The molecular weight excluding hydrogens is 380 g/mol. The number of nitro groups is 1. The van der Waals surface area contributed by atoms with Gasteiger partial charge in [-0.1, -0.05) is 37.3 Å². The second-order valence-electron chi connectivity index (χ2n) is 6.25. The lowest BCUT2D eigenvalue weighted by Crippen LogP contribution is -2.43. The first-order valence-electron chi connectivity index (χ1n) is 8.63. The standard InChI is InChI=1S/C19H18N4O6/c1-3-19(13-7-5-4-6-8-13)17(25)22(18(26)21-19)20-11-12-9-14(23(27)28)16(24)15(10-12)29-2/h4-11,24H,3H2,1-2H3,(H,21,26)/p-1/b20-11-/t19-/m1/s1. The smallest absolute Gasteiger partial charge is 0.346 e. The van der Waals surface area contributed by atoms with Crippen molar-refractivity contribution in [2.24, 2.45) is 5.10 Å². The minimum Gasteiger partial charge on any atom is -0.865 e. The third kappa shape index (κ3) is 3.35. The van der Waals surface area contributed by atoms with E-state index in [4.69, 9.17) is 4.74 Å². The first-order chi connectivity index (χ1) is 13.8. The van der Waals surface area contributed by atoms with Crippen LogP contribution < -0.4 is 15.2 Å². The molecule has 29 heavy (non-hydrogen) atoms. The lowest BCUT2D eigenvalue weighted by molar-refractivity contribution is -0.398. The Kier molecular flexibility index (Phi) is 5.18. The zero-order valence-corrected chi connectivity index (χ0v) is 15.6. The molecule has 0 radical (unpaired) electrons. The monoisotopic (exact) mass is 397 g/mol. The SMILES string of the molecule is CC[C@]1(c2ccccc2)NC(=O)N(/N=C\c2cc(OC)c([O-])c([N+](=O)[O-])c2)C1=O. The Balaban J connectivity index is 1.96. The first kappa shape index (κ1) is 19.8. The fraction of sp³-hybridized carbons (Fsp3) is 0.211. The van der Waals surface area contributed by atoms with Crippen molar-refractivity contribution in [1.82, 2.24) is 10.3 Å². The number of methoxy groups -OCH3 is 1. The van der Waals surface area contributed by atoms with E-state index in [1.54, 1.807) is 37.3 Å². The van der Waals surface area contributed by atoms with E-state index in [0.29, 0.717) is 17.0 Å². The molecule has 1 N–H and O–H groups in total. The Morgan fingerprint density at radius 1 is 1.28 bits per heavy atom. The Bertz CT molecular complexity index is 1010. The van der Waals surface area contributed by atoms with Crippen LogP contribution in [-0.4, -0.2) is 35.2 Å². The number of carbonyl (C=O) groups is 2. The second-order valence-corrected chi connectivity index (χ2v) is 6.25. The van der Waals surface area contributed by atoms with E-state index < -0.39 is 33.8 Å². The summed E-state index contributed by atoms with van der Waals surface area (Å²) in [6, 6.07) is 10.3. The summed E-state index contributed by atoms with van der Waals surface area (Å²) in [5.41, 5.74) is -1.21. The number of carbonyl (C=O) groups excluding carboxylic acids is 2. The highest BCUT2D eigenvalue weighted by molar-refractivity contribution is 6.07. The van der Waals surface area contributed by atoms with Crippen LogP contribution in [0.25, 0.3) is 0 Å². The molecular formula is C19H17N4O6-. The Hall–Kier alpha value is -3.95. The Morgan fingerprint density at radius 2 is 1.97 bits per heavy atom. The van der Waals surface area contributed by atoms with E-state index in [-0.39, 0.29) is 11.3 Å². The van der Waals surface area contributed by atoms with Crippen LogP contribution in [0.1, 0.15) is 24.5 Å². The number of ether oxygens (including phenoxy) is 1. The van der Waals surface area contributed by atoms with Gasteiger partial charge in [0.2, 0.25) is 0 Å². The molecule has 150 valence electrons. The fourth-order valence-electron chi connectivity index (χ4n) is 3.12. The Morgan fingerprint density at radius 3 is 2.55 bits per heavy atom. The van der Waals surface area contributed by atoms with Crippen molar-refractivity contribution in [3.63, 3.8) is 0 Å². The van der Waals surface area contributed by atoms with Crippen LogP contribution in [0.4, 0.5) is 10.5 Å². The van der Waals surface area contributed by atoms with Crippen molar-refractivity contribution >= 4 is 23.8 Å². The molecule has 10 heteroatoms. The van der Waals surface area contributed by atoms with Gasteiger partial charge in [-0.25, -0.2) is 4.79 Å². The number of hydrogen-bond donors (Lipinski definition) is 1. The van der Waals surface area contributed by atoms with Crippen molar-refractivity contribution in [1.29, 1.82) is 0 Å². The molecule has 3 rings (SSSR count). The van der Waals surface area contributed by atoms with Crippen LogP contribution in [-0.2, 0) is 10.3 Å². The second kappa shape index (κ2) is 7.58. The van der Waals surface area contributed by atoms with E-state index in [1.165, 1.54) is 13.2 Å². The van der Waals surface area contributed by atoms with Crippen molar-refractivity contribution in [2.75, 3.05) is 7.11 Å². The van der Waals surface area contributed by atoms with E-state index >= 15 is 0 Å². The molecule has 0 unspecified atom stereocenters. The average Bonchev–Trinajstić information content (AvgIpc) is 2.98. The fourth-order valence-corrected chi connectivity index (χ4v) is 3.12. The highest BCUT2D eigenvalue weighted by Crippen LogP contribution is 2.35. The molecule has 1 atom stereocenters. The highest BCUT2D eigenvalue weighted by Gasteiger charge is 2.51. The molecule has 10 nitrogen and oxygen atoms in total. The summed E-state index contributed by atoms with van der Waals surface area (Å²) in [6.45, 7) is 1.76. The molecule has 1 heterocycles. The van der Waals surface area contributed by atoms with Crippen LogP contribution in [0.2, 0.25) is 0 Å². The lowest BCUT2D eigenvalue weighted by Gasteiger charge is -2.24. The van der Waals surface area contributed by atoms with Gasteiger partial charge in [-0.2, -0.15) is 5.10 Å². The average molecular weight is 397 g/mol. The summed E-state index contributed by atoms with van der Waals surface area (Å²) in [6.07, 6.45) is 1.39. The van der Waals surface area contributed by atoms with Crippen molar-refractivity contribution in [3.8, 4) is 11.5 Å². The number of hydrogen-bond acceptors (Lipinski definition) is 7. The van der Waals surface area contributed by atoms with Gasteiger partial charge in [-0.15, -0.1) is 5.01 Å². The molecule has 0 spiro atoms. The topological polar surface area (TPSA) is 137 Å². The number of urea groups is 1. The lowest BCUT2D eigenvalue weighted by atomic mass is 9.87. The highest BCUT2D eigenvalue weighted by atomic mass is 16.6. The normalized spacial score (nSPS) is 18.9. The van der Waals surface area contributed by atoms with Gasteiger partial charge in [0.1, 0.15) is 11.3 Å². The molecule has 2 aromatic carbocycles. The summed E-state index contributed by atoms with van der Waals surface area (Å²) in [4.78, 5) is 35.6. The van der Waals surface area contributed by atoms with Crippen molar-refractivity contribution < 1.29 is 24.4 Å². The number of amides is 3. The van der Waals surface area contributed by atoms with E-state index in [9.17, 15) is 24.8 Å². The number of hydrazone groups is 1. The predicted molar refractivity (Wildman–Crippen MR) is 100 cm³/mol. The van der Waals surface area contributed by atoms with Gasteiger partial charge in [0.05, 0.1) is 18.2 Å². The molecule has 2 aromatic rings. The summed E-state index contributed by atoms with van der Waals surface area (Å²) in [7, 11) is 1.20. The van der Waals surface area contributed by atoms with Gasteiger partial charge in [0, 0.05) is 17.4 Å². The van der Waals surface area contributed by atoms with Crippen LogP contribution in [0.5, 0.6) is 11.5 Å². The van der Waals surface area contributed by atoms with Gasteiger partial charge in [0.15, 0.2) is 0 Å². The van der Waals surface area contributed by atoms with Gasteiger partial charge in [-0.3, -0.25) is 14.9 Å². The molecule has 0 saturated carbocycles. The molecule has 0 aliphatic carbocycles. The quantitative estimate of drug-likeness (QED) is 0.342. The largest absolute Gasteiger partial charge is 0.865 e. The van der Waals surface area contributed by atoms with Crippen LogP contribution >= 0.6 is 0 Å². The van der Waals surface area contributed by atoms with Crippen molar-refractivity contribution in [3.05, 3.63) is 63.7 Å². The summed E-state index contributed by atoms with van der Waals surface area (Å²) in [5.74, 6) is -1.70. The third-order valence-corrected chi connectivity index (χ3v) is 4.66. The van der Waals surface area contributed by atoms with E-state index in [0.717, 1.165) is 12.3 Å². The van der Waals surface area contributed by atoms with Gasteiger partial charge in [0.25, 0.3) is 11.6 Å². The molecule has 0 bridgehead atoms. The maximum absolute atomic E-state index is 13.0. The number of imide groups is 1.